The van der Waals surface area contributed by atoms with Gasteiger partial charge in [-0.2, -0.15) is 0 Å². The highest BCUT2D eigenvalue weighted by molar-refractivity contribution is 8.02. The molecule has 6 atom stereocenters. The third-order valence-electron chi connectivity index (χ3n) is 10.6. The number of aliphatic hydroxyl groups is 1. The molecule has 1 aromatic rings. The van der Waals surface area contributed by atoms with E-state index in [9.17, 15) is 19.5 Å². The highest BCUT2D eigenvalue weighted by atomic mass is 32.2. The molecule has 3 heterocycles. The number of thioether (sulfide) groups is 1. The second-order valence-electron chi connectivity index (χ2n) is 14.0. The quantitative estimate of drug-likeness (QED) is 0.297. The van der Waals surface area contributed by atoms with Gasteiger partial charge in [0.15, 0.2) is 0 Å². The van der Waals surface area contributed by atoms with Gasteiger partial charge in [0.25, 0.3) is 0 Å². The summed E-state index contributed by atoms with van der Waals surface area (Å²) in [6, 6.07) is 8.83. The van der Waals surface area contributed by atoms with Crippen LogP contribution in [-0.2, 0) is 20.9 Å². The van der Waals surface area contributed by atoms with E-state index in [0.717, 1.165) is 37.7 Å². The van der Waals surface area contributed by atoms with Gasteiger partial charge in [-0.25, -0.2) is 0 Å². The summed E-state index contributed by atoms with van der Waals surface area (Å²) in [7, 11) is 0. The number of likely N-dealkylation sites (tertiary alicyclic amines) is 1. The van der Waals surface area contributed by atoms with E-state index in [4.69, 9.17) is 0 Å². The molecule has 1 saturated carbocycles. The second-order valence-corrected chi connectivity index (χ2v) is 15.9. The average molecular weight is 622 g/mol. The minimum atomic E-state index is -0.718. The maximum absolute atomic E-state index is 15.0. The van der Waals surface area contributed by atoms with Gasteiger partial charge in [0.1, 0.15) is 6.04 Å². The summed E-state index contributed by atoms with van der Waals surface area (Å²) >= 11 is 1.71. The topological polar surface area (TPSA) is 81.2 Å². The molecule has 1 aromatic carbocycles. The molecular weight excluding hydrogens is 570 g/mol. The minimum absolute atomic E-state index is 0.0352. The lowest BCUT2D eigenvalue weighted by Crippen LogP contribution is -2.59. The van der Waals surface area contributed by atoms with Crippen molar-refractivity contribution in [2.75, 3.05) is 19.7 Å². The van der Waals surface area contributed by atoms with E-state index in [2.05, 4.69) is 33.9 Å². The van der Waals surface area contributed by atoms with E-state index in [1.54, 1.807) is 28.8 Å². The average Bonchev–Trinajstić information content (AvgIpc) is 3.59. The van der Waals surface area contributed by atoms with E-state index >= 15 is 0 Å². The van der Waals surface area contributed by atoms with E-state index < -0.39 is 33.4 Å². The molecule has 3 saturated heterocycles. The molecule has 0 aromatic heterocycles. The number of nitrogens with zero attached hydrogens (tertiary/aromatic N) is 3. The summed E-state index contributed by atoms with van der Waals surface area (Å²) in [6.45, 7) is 15.2. The molecule has 240 valence electrons. The van der Waals surface area contributed by atoms with Crippen LogP contribution in [0.3, 0.4) is 0 Å². The number of carbonyl (C=O) groups is 3. The number of fused-ring (bicyclic) bond motifs is 1. The molecule has 8 heteroatoms. The van der Waals surface area contributed by atoms with Crippen molar-refractivity contribution in [3.05, 3.63) is 61.2 Å². The van der Waals surface area contributed by atoms with Gasteiger partial charge in [0.05, 0.1) is 29.2 Å². The maximum atomic E-state index is 15.0. The number of hydrogen-bond acceptors (Lipinski definition) is 5. The molecular formula is C36H51N3O4S. The van der Waals surface area contributed by atoms with Crippen molar-refractivity contribution in [3.8, 4) is 0 Å². The smallest absolute Gasteiger partial charge is 0.247 e. The fraction of sp³-hybridized carbons (Fsp3) is 0.639. The van der Waals surface area contributed by atoms with Crippen LogP contribution in [0.15, 0.2) is 55.6 Å². The molecule has 0 radical (unpaired) electrons. The number of carbonyl (C=O) groups excluding carboxylic acids is 3. The van der Waals surface area contributed by atoms with Gasteiger partial charge in [-0.1, -0.05) is 75.6 Å². The van der Waals surface area contributed by atoms with E-state index in [1.165, 1.54) is 6.42 Å². The van der Waals surface area contributed by atoms with Crippen LogP contribution in [0.2, 0.25) is 0 Å². The molecule has 3 amide bonds. The zero-order valence-electron chi connectivity index (χ0n) is 26.8. The van der Waals surface area contributed by atoms with E-state index in [1.807, 2.05) is 40.1 Å². The molecule has 4 fully saturated rings. The van der Waals surface area contributed by atoms with Crippen LogP contribution in [0.5, 0.6) is 0 Å². The normalized spacial score (nSPS) is 30.3. The highest BCUT2D eigenvalue weighted by Gasteiger charge is 2.78. The predicted molar refractivity (Wildman–Crippen MR) is 177 cm³/mol. The first kappa shape index (κ1) is 32.8. The molecule has 2 unspecified atom stereocenters. The predicted octanol–water partition coefficient (Wildman–Crippen LogP) is 5.44. The number of rotatable bonds is 13. The number of amides is 3. The maximum Gasteiger partial charge on any atom is 0.247 e. The van der Waals surface area contributed by atoms with Gasteiger partial charge in [0, 0.05) is 30.4 Å². The summed E-state index contributed by atoms with van der Waals surface area (Å²) in [6.07, 6.45) is 10.9. The van der Waals surface area contributed by atoms with Crippen LogP contribution in [0, 0.1) is 17.8 Å². The van der Waals surface area contributed by atoms with Crippen molar-refractivity contribution in [1.82, 2.24) is 14.7 Å². The first-order valence-electron chi connectivity index (χ1n) is 16.6. The van der Waals surface area contributed by atoms with Crippen LogP contribution < -0.4 is 0 Å². The van der Waals surface area contributed by atoms with Crippen molar-refractivity contribution < 1.29 is 19.5 Å². The first-order chi connectivity index (χ1) is 21.1. The van der Waals surface area contributed by atoms with Crippen LogP contribution in [0.25, 0.3) is 0 Å². The van der Waals surface area contributed by atoms with Crippen molar-refractivity contribution in [2.24, 2.45) is 17.8 Å². The Morgan fingerprint density at radius 1 is 1.07 bits per heavy atom. The lowest BCUT2D eigenvalue weighted by atomic mass is 9.66. The van der Waals surface area contributed by atoms with Gasteiger partial charge in [-0.3, -0.25) is 14.4 Å². The van der Waals surface area contributed by atoms with Crippen molar-refractivity contribution in [2.45, 2.75) is 106 Å². The lowest BCUT2D eigenvalue weighted by Gasteiger charge is -2.43. The molecule has 1 N–H and O–H groups in total. The summed E-state index contributed by atoms with van der Waals surface area (Å²) in [5, 5.41) is 10.7. The first-order valence-corrected chi connectivity index (χ1v) is 17.4. The van der Waals surface area contributed by atoms with Gasteiger partial charge < -0.3 is 19.8 Å². The zero-order chi connectivity index (χ0) is 31.6. The third-order valence-corrected chi connectivity index (χ3v) is 12.5. The van der Waals surface area contributed by atoms with Gasteiger partial charge in [-0.15, -0.1) is 24.9 Å². The van der Waals surface area contributed by atoms with E-state index in [0.29, 0.717) is 32.5 Å². The number of benzene rings is 1. The summed E-state index contributed by atoms with van der Waals surface area (Å²) < 4.78 is -1.17. The second kappa shape index (κ2) is 13.4. The van der Waals surface area contributed by atoms with Crippen LogP contribution >= 0.6 is 11.8 Å². The molecule has 3 aliphatic heterocycles. The van der Waals surface area contributed by atoms with Crippen LogP contribution in [-0.4, -0.2) is 84.8 Å². The highest BCUT2D eigenvalue weighted by Crippen LogP contribution is 2.72. The Hall–Kier alpha value is -2.58. The van der Waals surface area contributed by atoms with Crippen molar-refractivity contribution in [3.63, 3.8) is 0 Å². The molecule has 2 bridgehead atoms. The Morgan fingerprint density at radius 2 is 1.75 bits per heavy atom. The third kappa shape index (κ3) is 5.77. The Bertz CT molecular complexity index is 1230. The summed E-state index contributed by atoms with van der Waals surface area (Å²) in [4.78, 5) is 50.0. The molecule has 1 aliphatic carbocycles. The van der Waals surface area contributed by atoms with Crippen LogP contribution in [0.1, 0.15) is 77.7 Å². The van der Waals surface area contributed by atoms with Crippen molar-refractivity contribution in [1.29, 1.82) is 0 Å². The van der Waals surface area contributed by atoms with E-state index in [-0.39, 0.29) is 36.3 Å². The standard InChI is InChI=1S/C36H51N3O4S/c1-6-20-37(23-26-14-10-8-11-15-26)32(41)29-30-33(42)39(28(24-40)22-25(3)4)31(36(30)19-18-35(29,5)44-36)34(43)38(21-7-2)27-16-12-9-13-17-27/h6-8,10-11,14-15,25,27-31,40H,1-2,9,12-13,16-24H2,3-5H3/t28-,29-,30+,31?,35+,36?/m1/s1. The SMILES string of the molecule is C=CCN(Cc1ccccc1)C(=O)[C@H]1[C@H]2C(=O)N([C@@H](CO)CC(C)C)C(C(=O)N(CC=C)C3CCCCC3)C23CC[C@]1(C)S3. The lowest BCUT2D eigenvalue weighted by molar-refractivity contribution is -0.149. The largest absolute Gasteiger partial charge is 0.394 e. The fourth-order valence-corrected chi connectivity index (χ4v) is 11.1. The fourth-order valence-electron chi connectivity index (χ4n) is 8.73. The molecule has 44 heavy (non-hydrogen) atoms. The summed E-state index contributed by atoms with van der Waals surface area (Å²) in [5.41, 5.74) is 1.02. The van der Waals surface area contributed by atoms with Gasteiger partial charge >= 0.3 is 0 Å². The Morgan fingerprint density at radius 3 is 2.36 bits per heavy atom. The molecule has 5 rings (SSSR count). The van der Waals surface area contributed by atoms with Gasteiger partial charge in [0.2, 0.25) is 17.7 Å². The molecule has 1 spiro atoms. The number of hydrogen-bond donors (Lipinski definition) is 1. The Kier molecular flexibility index (Phi) is 10.0. The summed E-state index contributed by atoms with van der Waals surface area (Å²) in [5.74, 6) is -1.17. The van der Waals surface area contributed by atoms with Gasteiger partial charge in [-0.05, 0) is 50.5 Å². The monoisotopic (exact) mass is 621 g/mol. The Balaban J connectivity index is 1.57. The number of aliphatic hydroxyl groups excluding tert-OH is 1. The molecule has 7 nitrogen and oxygen atoms in total. The molecule has 4 aliphatic rings. The minimum Gasteiger partial charge on any atom is -0.394 e. The van der Waals surface area contributed by atoms with Crippen molar-refractivity contribution >= 4 is 29.5 Å². The van der Waals surface area contributed by atoms with Crippen LogP contribution in [0.4, 0.5) is 0 Å². The zero-order valence-corrected chi connectivity index (χ0v) is 27.6. The Labute approximate surface area is 268 Å².